The molecule has 1 aliphatic heterocycles. The molecule has 0 saturated carbocycles. The topological polar surface area (TPSA) is 13.0 Å². The summed E-state index contributed by atoms with van der Waals surface area (Å²) in [6.07, 6.45) is 7.75. The third kappa shape index (κ3) is 10.9. The highest BCUT2D eigenvalue weighted by atomic mass is 15.2. The molecule has 0 spiro atoms. The van der Waals surface area contributed by atoms with Crippen LogP contribution in [0.15, 0.2) is 0 Å². The maximum Gasteiger partial charge on any atom is 0.0109 e. The maximum absolute atomic E-state index is 2.71. The summed E-state index contributed by atoms with van der Waals surface area (Å²) in [5.41, 5.74) is 0. The van der Waals surface area contributed by atoms with Crippen molar-refractivity contribution in [2.45, 2.75) is 66.2 Å². The van der Waals surface area contributed by atoms with Crippen LogP contribution >= 0.6 is 0 Å². The molecule has 0 radical (unpaired) electrons. The van der Waals surface area contributed by atoms with E-state index >= 15 is 0 Å². The molecule has 4 nitrogen and oxygen atoms in total. The molecule has 0 aromatic carbocycles. The number of hydrogen-bond acceptors (Lipinski definition) is 4. The van der Waals surface area contributed by atoms with Crippen LogP contribution in [0, 0.1) is 0 Å². The summed E-state index contributed by atoms with van der Waals surface area (Å²) in [7, 11) is 0. The molecule has 0 aromatic rings. The molecule has 1 heterocycles. The molecule has 1 rings (SSSR count). The predicted molar refractivity (Wildman–Crippen MR) is 116 cm³/mol. The summed E-state index contributed by atoms with van der Waals surface area (Å²) in [5, 5.41) is 0. The average molecular weight is 369 g/mol. The highest BCUT2D eigenvalue weighted by Gasteiger charge is 2.13. The predicted octanol–water partition coefficient (Wildman–Crippen LogP) is 3.63. The van der Waals surface area contributed by atoms with Gasteiger partial charge in [0.25, 0.3) is 0 Å². The van der Waals surface area contributed by atoms with E-state index in [1.807, 2.05) is 0 Å². The summed E-state index contributed by atoms with van der Waals surface area (Å²) in [6.45, 7) is 24.4. The third-order valence-corrected chi connectivity index (χ3v) is 5.52. The van der Waals surface area contributed by atoms with Crippen LogP contribution in [-0.4, -0.2) is 98.1 Å². The highest BCUT2D eigenvalue weighted by molar-refractivity contribution is 4.69. The number of hydrogen-bond donors (Lipinski definition) is 0. The normalized spacial score (nSPS) is 21.7. The van der Waals surface area contributed by atoms with Crippen LogP contribution in [0.5, 0.6) is 0 Å². The zero-order valence-electron chi connectivity index (χ0n) is 18.5. The van der Waals surface area contributed by atoms with Gasteiger partial charge in [-0.2, -0.15) is 0 Å². The summed E-state index contributed by atoms with van der Waals surface area (Å²) in [4.78, 5) is 10.8. The molecule has 1 saturated heterocycles. The lowest BCUT2D eigenvalue weighted by Crippen LogP contribution is -2.41. The Morgan fingerprint density at radius 1 is 0.385 bits per heavy atom. The Kier molecular flexibility index (Phi) is 14.6. The summed E-state index contributed by atoms with van der Waals surface area (Å²) in [6, 6.07) is 0. The Balaban J connectivity index is 2.67. The van der Waals surface area contributed by atoms with E-state index in [9.17, 15) is 0 Å². The molecule has 156 valence electrons. The van der Waals surface area contributed by atoms with Crippen LogP contribution in [0.1, 0.15) is 66.2 Å². The standard InChI is InChI=1S/C22H48N4/c1-5-11-23-15-9-16-25(13-7-3)21-22-26(14-8-4)18-10-17-24(12-6-2)20-19-23/h5-22H2,1-4H3. The molecule has 0 amide bonds. The van der Waals surface area contributed by atoms with E-state index in [-0.39, 0.29) is 0 Å². The van der Waals surface area contributed by atoms with Crippen LogP contribution in [-0.2, 0) is 0 Å². The lowest BCUT2D eigenvalue weighted by molar-refractivity contribution is 0.158. The van der Waals surface area contributed by atoms with Gasteiger partial charge in [0.1, 0.15) is 0 Å². The smallest absolute Gasteiger partial charge is 0.0109 e. The highest BCUT2D eigenvalue weighted by Crippen LogP contribution is 2.05. The van der Waals surface area contributed by atoms with E-state index in [0.717, 1.165) is 0 Å². The molecule has 0 atom stereocenters. The monoisotopic (exact) mass is 368 g/mol. The molecule has 0 aromatic heterocycles. The average Bonchev–Trinajstić information content (AvgIpc) is 2.63. The van der Waals surface area contributed by atoms with Crippen molar-refractivity contribution in [2.24, 2.45) is 0 Å². The first-order valence-corrected chi connectivity index (χ1v) is 11.6. The number of nitrogens with zero attached hydrogens (tertiary/aromatic N) is 4. The molecular formula is C22H48N4. The fraction of sp³-hybridized carbons (Fsp3) is 1.00. The van der Waals surface area contributed by atoms with Crippen LogP contribution in [0.4, 0.5) is 0 Å². The van der Waals surface area contributed by atoms with Crippen molar-refractivity contribution in [3.8, 4) is 0 Å². The molecule has 4 heteroatoms. The lowest BCUT2D eigenvalue weighted by atomic mass is 10.2. The van der Waals surface area contributed by atoms with Gasteiger partial charge in [0, 0.05) is 26.2 Å². The van der Waals surface area contributed by atoms with Crippen molar-refractivity contribution in [3.63, 3.8) is 0 Å². The summed E-state index contributed by atoms with van der Waals surface area (Å²) < 4.78 is 0. The largest absolute Gasteiger partial charge is 0.302 e. The van der Waals surface area contributed by atoms with E-state index in [2.05, 4.69) is 47.3 Å². The van der Waals surface area contributed by atoms with Gasteiger partial charge in [-0.05, 0) is 90.9 Å². The van der Waals surface area contributed by atoms with E-state index in [4.69, 9.17) is 0 Å². The van der Waals surface area contributed by atoms with Crippen molar-refractivity contribution in [3.05, 3.63) is 0 Å². The second kappa shape index (κ2) is 15.9. The second-order valence-corrected chi connectivity index (χ2v) is 8.07. The lowest BCUT2D eigenvalue weighted by Gasteiger charge is -2.31. The van der Waals surface area contributed by atoms with E-state index in [0.29, 0.717) is 0 Å². The molecule has 1 aliphatic rings. The Morgan fingerprint density at radius 2 is 0.615 bits per heavy atom. The van der Waals surface area contributed by atoms with E-state index in [1.54, 1.807) is 0 Å². The Hall–Kier alpha value is -0.160. The van der Waals surface area contributed by atoms with E-state index in [1.165, 1.54) is 117 Å². The van der Waals surface area contributed by atoms with Crippen LogP contribution < -0.4 is 0 Å². The maximum atomic E-state index is 2.71. The zero-order valence-corrected chi connectivity index (χ0v) is 18.5. The van der Waals surface area contributed by atoms with Crippen molar-refractivity contribution < 1.29 is 0 Å². The molecule has 26 heavy (non-hydrogen) atoms. The van der Waals surface area contributed by atoms with Gasteiger partial charge in [-0.3, -0.25) is 0 Å². The summed E-state index contributed by atoms with van der Waals surface area (Å²) >= 11 is 0. The minimum absolute atomic E-state index is 1.25. The Morgan fingerprint density at radius 3 is 0.808 bits per heavy atom. The van der Waals surface area contributed by atoms with Crippen molar-refractivity contribution in [1.82, 2.24) is 19.6 Å². The van der Waals surface area contributed by atoms with Gasteiger partial charge in [-0.25, -0.2) is 0 Å². The second-order valence-electron chi connectivity index (χ2n) is 8.07. The molecule has 0 aliphatic carbocycles. The van der Waals surface area contributed by atoms with Gasteiger partial charge < -0.3 is 19.6 Å². The first-order valence-electron chi connectivity index (χ1n) is 11.6. The first kappa shape index (κ1) is 23.9. The molecule has 0 bridgehead atoms. The van der Waals surface area contributed by atoms with Crippen molar-refractivity contribution in [2.75, 3.05) is 78.5 Å². The fourth-order valence-corrected chi connectivity index (χ4v) is 4.21. The van der Waals surface area contributed by atoms with Crippen molar-refractivity contribution in [1.29, 1.82) is 0 Å². The van der Waals surface area contributed by atoms with Crippen molar-refractivity contribution >= 4 is 0 Å². The molecule has 1 fully saturated rings. The van der Waals surface area contributed by atoms with Crippen LogP contribution in [0.3, 0.4) is 0 Å². The van der Waals surface area contributed by atoms with Crippen LogP contribution in [0.25, 0.3) is 0 Å². The van der Waals surface area contributed by atoms with Gasteiger partial charge in [-0.15, -0.1) is 0 Å². The minimum Gasteiger partial charge on any atom is -0.302 e. The zero-order chi connectivity index (χ0) is 19.0. The molecular weight excluding hydrogens is 320 g/mol. The summed E-state index contributed by atoms with van der Waals surface area (Å²) in [5.74, 6) is 0. The van der Waals surface area contributed by atoms with Gasteiger partial charge in [-0.1, -0.05) is 27.7 Å². The SMILES string of the molecule is CCCN1CCCN(CCC)CCN(CCC)CCCN(CCC)CC1. The van der Waals surface area contributed by atoms with Gasteiger partial charge in [0.2, 0.25) is 0 Å². The Bertz CT molecular complexity index is 253. The van der Waals surface area contributed by atoms with Gasteiger partial charge in [0.05, 0.1) is 0 Å². The first-order chi connectivity index (χ1) is 12.7. The third-order valence-electron chi connectivity index (χ3n) is 5.52. The van der Waals surface area contributed by atoms with Gasteiger partial charge in [0.15, 0.2) is 0 Å². The van der Waals surface area contributed by atoms with Crippen LogP contribution in [0.2, 0.25) is 0 Å². The fourth-order valence-electron chi connectivity index (χ4n) is 4.21. The minimum atomic E-state index is 1.25. The number of rotatable bonds is 8. The molecule has 0 unspecified atom stereocenters. The van der Waals surface area contributed by atoms with Gasteiger partial charge >= 0.3 is 0 Å². The Labute approximate surface area is 164 Å². The molecule has 0 N–H and O–H groups in total. The quantitative estimate of drug-likeness (QED) is 0.648. The van der Waals surface area contributed by atoms with E-state index < -0.39 is 0 Å².